The zero-order valence-corrected chi connectivity index (χ0v) is 11.7. The maximum absolute atomic E-state index is 12.6. The Kier molecular flexibility index (Phi) is 3.55. The summed E-state index contributed by atoms with van der Waals surface area (Å²) in [5.74, 6) is 0.103. The lowest BCUT2D eigenvalue weighted by Crippen LogP contribution is -2.25. The molecular formula is C18H19NO. The molecule has 0 heterocycles. The molecule has 2 nitrogen and oxygen atoms in total. The van der Waals surface area contributed by atoms with Crippen LogP contribution in [0, 0.1) is 6.92 Å². The molecule has 0 spiro atoms. The number of amides is 1. The third kappa shape index (κ3) is 2.46. The molecule has 2 heteroatoms. The Hall–Kier alpha value is -2.09. The van der Waals surface area contributed by atoms with Crippen LogP contribution in [-0.4, -0.2) is 5.91 Å². The van der Waals surface area contributed by atoms with E-state index in [0.717, 1.165) is 30.5 Å². The van der Waals surface area contributed by atoms with Gasteiger partial charge in [0.2, 0.25) is 5.91 Å². The second-order valence-corrected chi connectivity index (χ2v) is 5.45. The number of carbonyl (C=O) groups excluding carboxylic acids is 1. The van der Waals surface area contributed by atoms with E-state index in [2.05, 4.69) is 23.5 Å². The highest BCUT2D eigenvalue weighted by molar-refractivity contribution is 5.96. The van der Waals surface area contributed by atoms with Crippen molar-refractivity contribution in [2.24, 2.45) is 0 Å². The summed E-state index contributed by atoms with van der Waals surface area (Å²) < 4.78 is 0. The minimum absolute atomic E-state index is 0.0143. The molecule has 0 aromatic heterocycles. The van der Waals surface area contributed by atoms with Crippen molar-refractivity contribution in [1.82, 2.24) is 0 Å². The molecule has 1 atom stereocenters. The topological polar surface area (TPSA) is 29.1 Å². The highest BCUT2D eigenvalue weighted by Gasteiger charge is 2.26. The average molecular weight is 265 g/mol. The maximum Gasteiger partial charge on any atom is 0.231 e. The predicted octanol–water partition coefficient (Wildman–Crippen LogP) is 4.05. The van der Waals surface area contributed by atoms with Crippen LogP contribution in [0.4, 0.5) is 5.69 Å². The van der Waals surface area contributed by atoms with Crippen LogP contribution in [-0.2, 0) is 11.2 Å². The standard InChI is InChI=1S/C18H19NO/c1-13-7-2-5-12-17(13)19-18(20)16-11-6-9-14-8-3-4-10-15(14)16/h2-5,7-8,10,12,16H,6,9,11H2,1H3,(H,19,20). The Labute approximate surface area is 119 Å². The molecule has 1 N–H and O–H groups in total. The van der Waals surface area contributed by atoms with Crippen molar-refractivity contribution >= 4 is 11.6 Å². The predicted molar refractivity (Wildman–Crippen MR) is 81.9 cm³/mol. The number of aryl methyl sites for hydroxylation is 2. The van der Waals surface area contributed by atoms with Gasteiger partial charge in [-0.15, -0.1) is 0 Å². The van der Waals surface area contributed by atoms with Gasteiger partial charge in [-0.25, -0.2) is 0 Å². The normalized spacial score (nSPS) is 17.4. The molecule has 0 bridgehead atoms. The number of hydrogen-bond donors (Lipinski definition) is 1. The summed E-state index contributed by atoms with van der Waals surface area (Å²) in [5, 5.41) is 3.08. The van der Waals surface area contributed by atoms with Gasteiger partial charge in [-0.05, 0) is 48.9 Å². The molecule has 2 aromatic carbocycles. The molecule has 1 amide bonds. The number of para-hydroxylation sites is 1. The molecule has 1 unspecified atom stereocenters. The van der Waals surface area contributed by atoms with Gasteiger partial charge < -0.3 is 5.32 Å². The molecule has 2 aromatic rings. The molecule has 102 valence electrons. The van der Waals surface area contributed by atoms with E-state index in [-0.39, 0.29) is 11.8 Å². The number of carbonyl (C=O) groups is 1. The monoisotopic (exact) mass is 265 g/mol. The Morgan fingerprint density at radius 3 is 2.70 bits per heavy atom. The summed E-state index contributed by atoms with van der Waals surface area (Å²) in [7, 11) is 0. The largest absolute Gasteiger partial charge is 0.325 e. The van der Waals surface area contributed by atoms with Gasteiger partial charge in [-0.2, -0.15) is 0 Å². The quantitative estimate of drug-likeness (QED) is 0.872. The van der Waals surface area contributed by atoms with Crippen molar-refractivity contribution in [3.05, 3.63) is 65.2 Å². The fraction of sp³-hybridized carbons (Fsp3) is 0.278. The molecule has 0 radical (unpaired) electrons. The lowest BCUT2D eigenvalue weighted by atomic mass is 9.82. The summed E-state index contributed by atoms with van der Waals surface area (Å²) in [5.41, 5.74) is 4.54. The van der Waals surface area contributed by atoms with Crippen molar-refractivity contribution in [2.75, 3.05) is 5.32 Å². The first-order valence-electron chi connectivity index (χ1n) is 7.20. The molecule has 1 aliphatic rings. The van der Waals surface area contributed by atoms with E-state index in [0.29, 0.717) is 0 Å². The number of rotatable bonds is 2. The summed E-state index contributed by atoms with van der Waals surface area (Å²) >= 11 is 0. The third-order valence-electron chi connectivity index (χ3n) is 4.09. The SMILES string of the molecule is Cc1ccccc1NC(=O)C1CCCc2ccccc21. The van der Waals surface area contributed by atoms with Gasteiger partial charge in [-0.3, -0.25) is 4.79 Å². The summed E-state index contributed by atoms with van der Waals surface area (Å²) in [6.45, 7) is 2.02. The summed E-state index contributed by atoms with van der Waals surface area (Å²) in [6, 6.07) is 16.2. The van der Waals surface area contributed by atoms with E-state index < -0.39 is 0 Å². The average Bonchev–Trinajstić information content (AvgIpc) is 2.49. The zero-order chi connectivity index (χ0) is 13.9. The number of hydrogen-bond acceptors (Lipinski definition) is 1. The van der Waals surface area contributed by atoms with Gasteiger partial charge in [0, 0.05) is 5.69 Å². The lowest BCUT2D eigenvalue weighted by molar-refractivity contribution is -0.117. The van der Waals surface area contributed by atoms with E-state index in [1.807, 2.05) is 37.3 Å². The van der Waals surface area contributed by atoms with E-state index in [1.165, 1.54) is 11.1 Å². The fourth-order valence-corrected chi connectivity index (χ4v) is 2.96. The van der Waals surface area contributed by atoms with Crippen molar-refractivity contribution in [1.29, 1.82) is 0 Å². The van der Waals surface area contributed by atoms with Gasteiger partial charge in [0.05, 0.1) is 5.92 Å². The molecule has 0 aliphatic heterocycles. The van der Waals surface area contributed by atoms with Crippen LogP contribution in [0.2, 0.25) is 0 Å². The van der Waals surface area contributed by atoms with Crippen LogP contribution in [0.1, 0.15) is 35.4 Å². The third-order valence-corrected chi connectivity index (χ3v) is 4.09. The number of anilines is 1. The first-order chi connectivity index (χ1) is 9.75. The van der Waals surface area contributed by atoms with Gasteiger partial charge in [0.1, 0.15) is 0 Å². The first kappa shape index (κ1) is 12.9. The first-order valence-corrected chi connectivity index (χ1v) is 7.20. The maximum atomic E-state index is 12.6. The fourth-order valence-electron chi connectivity index (χ4n) is 2.96. The van der Waals surface area contributed by atoms with E-state index >= 15 is 0 Å². The highest BCUT2D eigenvalue weighted by atomic mass is 16.1. The molecule has 0 saturated heterocycles. The number of fused-ring (bicyclic) bond motifs is 1. The van der Waals surface area contributed by atoms with Gasteiger partial charge >= 0.3 is 0 Å². The molecule has 20 heavy (non-hydrogen) atoms. The summed E-state index contributed by atoms with van der Waals surface area (Å²) in [4.78, 5) is 12.6. The van der Waals surface area contributed by atoms with Crippen LogP contribution >= 0.6 is 0 Å². The van der Waals surface area contributed by atoms with Crippen molar-refractivity contribution in [3.63, 3.8) is 0 Å². The van der Waals surface area contributed by atoms with E-state index in [4.69, 9.17) is 0 Å². The molecule has 0 fully saturated rings. The molecule has 3 rings (SSSR count). The highest BCUT2D eigenvalue weighted by Crippen LogP contribution is 2.32. The van der Waals surface area contributed by atoms with Crippen LogP contribution in [0.15, 0.2) is 48.5 Å². The van der Waals surface area contributed by atoms with Crippen LogP contribution in [0.25, 0.3) is 0 Å². The van der Waals surface area contributed by atoms with Crippen LogP contribution < -0.4 is 5.32 Å². The Balaban J connectivity index is 1.84. The smallest absolute Gasteiger partial charge is 0.231 e. The van der Waals surface area contributed by atoms with Crippen molar-refractivity contribution < 1.29 is 4.79 Å². The molecule has 0 saturated carbocycles. The Bertz CT molecular complexity index is 633. The number of nitrogens with one attached hydrogen (secondary N) is 1. The lowest BCUT2D eigenvalue weighted by Gasteiger charge is -2.25. The van der Waals surface area contributed by atoms with Gasteiger partial charge in [-0.1, -0.05) is 42.5 Å². The van der Waals surface area contributed by atoms with Crippen LogP contribution in [0.5, 0.6) is 0 Å². The number of benzene rings is 2. The van der Waals surface area contributed by atoms with Gasteiger partial charge in [0.15, 0.2) is 0 Å². The minimum Gasteiger partial charge on any atom is -0.325 e. The second-order valence-electron chi connectivity index (χ2n) is 5.45. The zero-order valence-electron chi connectivity index (χ0n) is 11.7. The van der Waals surface area contributed by atoms with E-state index in [1.54, 1.807) is 0 Å². The summed E-state index contributed by atoms with van der Waals surface area (Å²) in [6.07, 6.45) is 3.11. The minimum atomic E-state index is -0.0143. The Morgan fingerprint density at radius 1 is 1.10 bits per heavy atom. The van der Waals surface area contributed by atoms with Crippen LogP contribution in [0.3, 0.4) is 0 Å². The van der Waals surface area contributed by atoms with Crippen molar-refractivity contribution in [2.45, 2.75) is 32.1 Å². The Morgan fingerprint density at radius 2 is 1.85 bits per heavy atom. The van der Waals surface area contributed by atoms with E-state index in [9.17, 15) is 4.79 Å². The molecular weight excluding hydrogens is 246 g/mol. The van der Waals surface area contributed by atoms with Crippen molar-refractivity contribution in [3.8, 4) is 0 Å². The second kappa shape index (κ2) is 5.49. The van der Waals surface area contributed by atoms with Gasteiger partial charge in [0.25, 0.3) is 0 Å². The molecule has 1 aliphatic carbocycles.